The average Bonchev–Trinajstić information content (AvgIpc) is 2.40. The third-order valence-corrected chi connectivity index (χ3v) is 3.59. The van der Waals surface area contributed by atoms with Gasteiger partial charge in [0.05, 0.1) is 0 Å². The minimum atomic E-state index is 0.623. The van der Waals surface area contributed by atoms with E-state index in [-0.39, 0.29) is 0 Å². The molecule has 0 fully saturated rings. The highest BCUT2D eigenvalue weighted by Gasteiger charge is 2.01. The molecule has 0 aliphatic carbocycles. The van der Waals surface area contributed by atoms with Crippen LogP contribution in [0.4, 0.5) is 0 Å². The van der Waals surface area contributed by atoms with E-state index in [0.29, 0.717) is 6.04 Å². The first-order valence-corrected chi connectivity index (χ1v) is 7.52. The van der Waals surface area contributed by atoms with Crippen LogP contribution >= 0.6 is 11.8 Å². The summed E-state index contributed by atoms with van der Waals surface area (Å²) in [5.41, 5.74) is 0. The number of benzene rings is 1. The molecule has 1 N–H and O–H groups in total. The lowest BCUT2D eigenvalue weighted by Gasteiger charge is -2.14. The maximum Gasteiger partial charge on any atom is 0.119 e. The lowest BCUT2D eigenvalue weighted by molar-refractivity contribution is 0.302. The second-order valence-electron chi connectivity index (χ2n) is 3.99. The maximum atomic E-state index is 5.67. The topological polar surface area (TPSA) is 21.3 Å². The molecular formula is C14H23NOS. The van der Waals surface area contributed by atoms with Crippen LogP contribution in [0, 0.1) is 0 Å². The van der Waals surface area contributed by atoms with Crippen molar-refractivity contribution in [2.24, 2.45) is 0 Å². The molecule has 0 spiro atoms. The van der Waals surface area contributed by atoms with Crippen LogP contribution in [0.25, 0.3) is 0 Å². The first-order valence-electron chi connectivity index (χ1n) is 6.30. The fourth-order valence-corrected chi connectivity index (χ4v) is 2.09. The van der Waals surface area contributed by atoms with E-state index >= 15 is 0 Å². The summed E-state index contributed by atoms with van der Waals surface area (Å²) in [6.07, 6.45) is 4.44. The summed E-state index contributed by atoms with van der Waals surface area (Å²) in [4.78, 5) is 1.27. The van der Waals surface area contributed by atoms with Crippen LogP contribution in [-0.2, 0) is 0 Å². The lowest BCUT2D eigenvalue weighted by Crippen LogP contribution is -2.31. The van der Waals surface area contributed by atoms with E-state index in [1.54, 1.807) is 11.8 Å². The molecule has 2 nitrogen and oxygen atoms in total. The fourth-order valence-electron chi connectivity index (χ4n) is 1.68. The van der Waals surface area contributed by atoms with Crippen molar-refractivity contribution in [2.75, 3.05) is 19.4 Å². The van der Waals surface area contributed by atoms with Gasteiger partial charge in [-0.15, -0.1) is 11.8 Å². The lowest BCUT2D eigenvalue weighted by atomic mass is 10.2. The van der Waals surface area contributed by atoms with Crippen LogP contribution in [0.3, 0.4) is 0 Å². The normalized spacial score (nSPS) is 10.8. The molecule has 0 saturated carbocycles. The molecule has 0 bridgehead atoms. The zero-order valence-corrected chi connectivity index (χ0v) is 11.8. The predicted octanol–water partition coefficient (Wildman–Crippen LogP) is 3.57. The third-order valence-electron chi connectivity index (χ3n) is 2.85. The highest BCUT2D eigenvalue weighted by atomic mass is 32.2. The Morgan fingerprint density at radius 1 is 1.18 bits per heavy atom. The minimum absolute atomic E-state index is 0.623. The summed E-state index contributed by atoms with van der Waals surface area (Å²) < 4.78 is 5.67. The van der Waals surface area contributed by atoms with Crippen molar-refractivity contribution >= 4 is 11.8 Å². The number of ether oxygens (including phenoxy) is 1. The van der Waals surface area contributed by atoms with Gasteiger partial charge in [0.2, 0.25) is 0 Å². The van der Waals surface area contributed by atoms with Gasteiger partial charge in [-0.2, -0.15) is 0 Å². The van der Waals surface area contributed by atoms with Crippen molar-refractivity contribution in [3.05, 3.63) is 24.3 Å². The summed E-state index contributed by atoms with van der Waals surface area (Å²) in [5, 5.41) is 3.48. The van der Waals surface area contributed by atoms with E-state index in [4.69, 9.17) is 4.74 Å². The van der Waals surface area contributed by atoms with Crippen molar-refractivity contribution in [3.8, 4) is 5.75 Å². The minimum Gasteiger partial charge on any atom is -0.492 e. The van der Waals surface area contributed by atoms with Crippen LogP contribution in [0.1, 0.15) is 26.7 Å². The van der Waals surface area contributed by atoms with Crippen LogP contribution in [-0.4, -0.2) is 25.4 Å². The van der Waals surface area contributed by atoms with Gasteiger partial charge in [0.25, 0.3) is 0 Å². The highest BCUT2D eigenvalue weighted by Crippen LogP contribution is 2.18. The predicted molar refractivity (Wildman–Crippen MR) is 76.1 cm³/mol. The van der Waals surface area contributed by atoms with Gasteiger partial charge in [-0.1, -0.05) is 13.8 Å². The Morgan fingerprint density at radius 2 is 1.82 bits per heavy atom. The molecule has 0 saturated heterocycles. The van der Waals surface area contributed by atoms with E-state index in [1.807, 2.05) is 12.1 Å². The molecule has 0 aliphatic heterocycles. The van der Waals surface area contributed by atoms with Crippen molar-refractivity contribution in [2.45, 2.75) is 37.6 Å². The smallest absolute Gasteiger partial charge is 0.119 e. The molecule has 0 heterocycles. The van der Waals surface area contributed by atoms with Crippen LogP contribution < -0.4 is 10.1 Å². The van der Waals surface area contributed by atoms with Gasteiger partial charge >= 0.3 is 0 Å². The van der Waals surface area contributed by atoms with Gasteiger partial charge in [-0.05, 0) is 43.4 Å². The van der Waals surface area contributed by atoms with Crippen molar-refractivity contribution in [1.82, 2.24) is 5.32 Å². The Morgan fingerprint density at radius 3 is 2.35 bits per heavy atom. The number of hydrogen-bond donors (Lipinski definition) is 1. The Balaban J connectivity index is 2.21. The van der Waals surface area contributed by atoms with Gasteiger partial charge < -0.3 is 10.1 Å². The Kier molecular flexibility index (Phi) is 7.13. The van der Waals surface area contributed by atoms with E-state index in [9.17, 15) is 0 Å². The third kappa shape index (κ3) is 5.46. The Hall–Kier alpha value is -0.670. The molecule has 96 valence electrons. The molecule has 3 heteroatoms. The SMILES string of the molecule is CCC(CC)NCCOc1ccc(SC)cc1. The maximum absolute atomic E-state index is 5.67. The molecule has 1 aromatic carbocycles. The van der Waals surface area contributed by atoms with Crippen molar-refractivity contribution in [1.29, 1.82) is 0 Å². The highest BCUT2D eigenvalue weighted by molar-refractivity contribution is 7.98. The number of thioether (sulfide) groups is 1. The molecule has 1 aromatic rings. The summed E-state index contributed by atoms with van der Waals surface area (Å²) in [6, 6.07) is 8.87. The molecule has 1 rings (SSSR count). The van der Waals surface area contributed by atoms with Crippen LogP contribution in [0.5, 0.6) is 5.75 Å². The van der Waals surface area contributed by atoms with E-state index in [1.165, 1.54) is 17.7 Å². The zero-order valence-electron chi connectivity index (χ0n) is 11.0. The molecule has 0 radical (unpaired) electrons. The standard InChI is InChI=1S/C14H23NOS/c1-4-12(5-2)15-10-11-16-13-6-8-14(17-3)9-7-13/h6-9,12,15H,4-5,10-11H2,1-3H3. The monoisotopic (exact) mass is 253 g/mol. The van der Waals surface area contributed by atoms with Gasteiger partial charge in [0, 0.05) is 17.5 Å². The van der Waals surface area contributed by atoms with E-state index in [0.717, 1.165) is 18.9 Å². The fraction of sp³-hybridized carbons (Fsp3) is 0.571. The van der Waals surface area contributed by atoms with Gasteiger partial charge in [0.15, 0.2) is 0 Å². The summed E-state index contributed by atoms with van der Waals surface area (Å²) in [7, 11) is 0. The molecular weight excluding hydrogens is 230 g/mol. The number of hydrogen-bond acceptors (Lipinski definition) is 3. The molecule has 0 aliphatic rings. The van der Waals surface area contributed by atoms with Crippen LogP contribution in [0.15, 0.2) is 29.2 Å². The second kappa shape index (κ2) is 8.43. The molecule has 0 atom stereocenters. The van der Waals surface area contributed by atoms with E-state index in [2.05, 4.69) is 37.6 Å². The Bertz CT molecular complexity index is 296. The van der Waals surface area contributed by atoms with E-state index < -0.39 is 0 Å². The van der Waals surface area contributed by atoms with Crippen molar-refractivity contribution < 1.29 is 4.74 Å². The first-order chi connectivity index (χ1) is 8.30. The Labute approximate surface area is 109 Å². The summed E-state index contributed by atoms with van der Waals surface area (Å²) in [5.74, 6) is 0.953. The largest absolute Gasteiger partial charge is 0.492 e. The van der Waals surface area contributed by atoms with Gasteiger partial charge in [-0.25, -0.2) is 0 Å². The average molecular weight is 253 g/mol. The van der Waals surface area contributed by atoms with Crippen molar-refractivity contribution in [3.63, 3.8) is 0 Å². The molecule has 0 amide bonds. The number of rotatable bonds is 8. The zero-order chi connectivity index (χ0) is 12.5. The van der Waals surface area contributed by atoms with Gasteiger partial charge in [-0.3, -0.25) is 0 Å². The van der Waals surface area contributed by atoms with Crippen LogP contribution in [0.2, 0.25) is 0 Å². The molecule has 17 heavy (non-hydrogen) atoms. The quantitative estimate of drug-likeness (QED) is 0.565. The number of nitrogens with one attached hydrogen (secondary N) is 1. The second-order valence-corrected chi connectivity index (χ2v) is 4.87. The summed E-state index contributed by atoms with van der Waals surface area (Å²) >= 11 is 1.75. The summed E-state index contributed by atoms with van der Waals surface area (Å²) in [6.45, 7) is 6.07. The molecule has 0 unspecified atom stereocenters. The first kappa shape index (κ1) is 14.4. The van der Waals surface area contributed by atoms with Gasteiger partial charge in [0.1, 0.15) is 12.4 Å². The molecule has 0 aromatic heterocycles.